The zero-order valence-corrected chi connectivity index (χ0v) is 16.9. The van der Waals surface area contributed by atoms with Gasteiger partial charge in [0.25, 0.3) is 5.91 Å². The third-order valence-electron chi connectivity index (χ3n) is 3.96. The number of benzene rings is 2. The number of carbonyl (C=O) groups excluding carboxylic acids is 1. The van der Waals surface area contributed by atoms with Crippen LogP contribution in [-0.2, 0) is 14.8 Å². The van der Waals surface area contributed by atoms with Gasteiger partial charge in [0.05, 0.1) is 9.37 Å². The summed E-state index contributed by atoms with van der Waals surface area (Å²) in [6.45, 7) is 4.11. The van der Waals surface area contributed by atoms with Gasteiger partial charge in [-0.25, -0.2) is 13.6 Å². The molecule has 0 heterocycles. The fourth-order valence-electron chi connectivity index (χ4n) is 2.24. The lowest BCUT2D eigenvalue weighted by Crippen LogP contribution is -2.20. The summed E-state index contributed by atoms with van der Waals surface area (Å²) in [6, 6.07) is 11.4. The first kappa shape index (κ1) is 20.4. The number of rotatable bonds is 7. The van der Waals surface area contributed by atoms with Crippen molar-refractivity contribution in [1.82, 2.24) is 0 Å². The van der Waals surface area contributed by atoms with Crippen LogP contribution in [0.3, 0.4) is 0 Å². The molecule has 1 amide bonds. The molecular formula is C18H21BrN2O4S. The van der Waals surface area contributed by atoms with E-state index >= 15 is 0 Å². The zero-order valence-electron chi connectivity index (χ0n) is 14.5. The molecule has 8 heteroatoms. The highest BCUT2D eigenvalue weighted by Gasteiger charge is 2.11. The molecule has 1 atom stereocenters. The van der Waals surface area contributed by atoms with Crippen LogP contribution in [-0.4, -0.2) is 20.9 Å². The Morgan fingerprint density at radius 1 is 1.23 bits per heavy atom. The molecule has 0 fully saturated rings. The van der Waals surface area contributed by atoms with E-state index in [4.69, 9.17) is 9.88 Å². The Bertz CT molecular complexity index is 883. The maximum Gasteiger partial charge on any atom is 0.262 e. The Kier molecular flexibility index (Phi) is 6.80. The molecule has 140 valence electrons. The van der Waals surface area contributed by atoms with E-state index < -0.39 is 10.0 Å². The number of primary sulfonamides is 1. The number of anilines is 1. The summed E-state index contributed by atoms with van der Waals surface area (Å²) in [5, 5.41) is 7.67. The molecule has 0 saturated heterocycles. The van der Waals surface area contributed by atoms with Gasteiger partial charge in [-0.2, -0.15) is 0 Å². The van der Waals surface area contributed by atoms with Crippen molar-refractivity contribution in [2.75, 3.05) is 11.9 Å². The quantitative estimate of drug-likeness (QED) is 0.686. The minimum absolute atomic E-state index is 0.0166. The second-order valence-electron chi connectivity index (χ2n) is 5.91. The van der Waals surface area contributed by atoms with Crippen molar-refractivity contribution in [3.8, 4) is 5.75 Å². The van der Waals surface area contributed by atoms with E-state index in [2.05, 4.69) is 35.1 Å². The average Bonchev–Trinajstić information content (AvgIpc) is 2.59. The largest absolute Gasteiger partial charge is 0.483 e. The number of amides is 1. The number of ether oxygens (including phenoxy) is 1. The molecule has 1 unspecified atom stereocenters. The molecular weight excluding hydrogens is 420 g/mol. The number of sulfonamides is 1. The lowest BCUT2D eigenvalue weighted by atomic mass is 9.99. The zero-order chi connectivity index (χ0) is 19.3. The van der Waals surface area contributed by atoms with E-state index in [1.54, 1.807) is 0 Å². The fraction of sp³-hybridized carbons (Fsp3) is 0.278. The molecule has 6 nitrogen and oxygen atoms in total. The van der Waals surface area contributed by atoms with Crippen molar-refractivity contribution in [3.63, 3.8) is 0 Å². The summed E-state index contributed by atoms with van der Waals surface area (Å²) < 4.78 is 28.8. The van der Waals surface area contributed by atoms with Gasteiger partial charge in [-0.1, -0.05) is 19.9 Å². The number of hydrogen-bond donors (Lipinski definition) is 2. The normalized spacial score (nSPS) is 12.5. The van der Waals surface area contributed by atoms with Crippen LogP contribution < -0.4 is 15.2 Å². The van der Waals surface area contributed by atoms with Gasteiger partial charge in [-0.3, -0.25) is 4.79 Å². The highest BCUT2D eigenvalue weighted by molar-refractivity contribution is 9.10. The van der Waals surface area contributed by atoms with Crippen LogP contribution >= 0.6 is 15.9 Å². The Morgan fingerprint density at radius 2 is 1.88 bits per heavy atom. The standard InChI is InChI=1S/C18H21BrN2O4S/c1-3-12(2)13-4-9-17(16(19)10-13)25-11-18(22)21-14-5-7-15(8-6-14)26(20,23)24/h4-10,12H,3,11H2,1-2H3,(H,21,22)(H2,20,23,24). The van der Waals surface area contributed by atoms with Crippen LogP contribution in [0.4, 0.5) is 5.69 Å². The summed E-state index contributed by atoms with van der Waals surface area (Å²) in [5.41, 5.74) is 1.66. The molecule has 3 N–H and O–H groups in total. The number of hydrogen-bond acceptors (Lipinski definition) is 4. The predicted octanol–water partition coefficient (Wildman–Crippen LogP) is 3.63. The van der Waals surface area contributed by atoms with Crippen molar-refractivity contribution < 1.29 is 17.9 Å². The molecule has 0 bridgehead atoms. The topological polar surface area (TPSA) is 98.5 Å². The number of carbonyl (C=O) groups is 1. The number of nitrogens with one attached hydrogen (secondary N) is 1. The van der Waals surface area contributed by atoms with E-state index in [0.717, 1.165) is 10.9 Å². The van der Waals surface area contributed by atoms with Crippen LogP contribution in [0.15, 0.2) is 51.8 Å². The highest BCUT2D eigenvalue weighted by Crippen LogP contribution is 2.30. The predicted molar refractivity (Wildman–Crippen MR) is 105 cm³/mol. The van der Waals surface area contributed by atoms with Gasteiger partial charge in [-0.05, 0) is 70.2 Å². The van der Waals surface area contributed by atoms with Gasteiger partial charge in [0.2, 0.25) is 10.0 Å². The monoisotopic (exact) mass is 440 g/mol. The van der Waals surface area contributed by atoms with E-state index in [-0.39, 0.29) is 17.4 Å². The van der Waals surface area contributed by atoms with Gasteiger partial charge < -0.3 is 10.1 Å². The lowest BCUT2D eigenvalue weighted by molar-refractivity contribution is -0.118. The summed E-state index contributed by atoms with van der Waals surface area (Å²) in [4.78, 5) is 12.0. The summed E-state index contributed by atoms with van der Waals surface area (Å²) >= 11 is 3.46. The van der Waals surface area contributed by atoms with Crippen molar-refractivity contribution in [3.05, 3.63) is 52.5 Å². The number of halogens is 1. The molecule has 0 aliphatic carbocycles. The van der Waals surface area contributed by atoms with Crippen LogP contribution in [0.1, 0.15) is 31.7 Å². The number of nitrogens with two attached hydrogens (primary N) is 1. The molecule has 2 rings (SSSR count). The van der Waals surface area contributed by atoms with Crippen molar-refractivity contribution in [2.45, 2.75) is 31.1 Å². The van der Waals surface area contributed by atoms with Crippen LogP contribution in [0.5, 0.6) is 5.75 Å². The molecule has 2 aromatic carbocycles. The highest BCUT2D eigenvalue weighted by atomic mass is 79.9. The van der Waals surface area contributed by atoms with Crippen molar-refractivity contribution in [2.24, 2.45) is 5.14 Å². The Morgan fingerprint density at radius 3 is 2.42 bits per heavy atom. The molecule has 0 spiro atoms. The Hall–Kier alpha value is -1.90. The third-order valence-corrected chi connectivity index (χ3v) is 5.51. The van der Waals surface area contributed by atoms with E-state index in [0.29, 0.717) is 17.4 Å². The maximum absolute atomic E-state index is 12.0. The SMILES string of the molecule is CCC(C)c1ccc(OCC(=O)Nc2ccc(S(N)(=O)=O)cc2)c(Br)c1. The van der Waals surface area contributed by atoms with Crippen LogP contribution in [0.25, 0.3) is 0 Å². The minimum Gasteiger partial charge on any atom is -0.483 e. The molecule has 0 radical (unpaired) electrons. The van der Waals surface area contributed by atoms with Gasteiger partial charge >= 0.3 is 0 Å². The lowest BCUT2D eigenvalue weighted by Gasteiger charge is -2.13. The van der Waals surface area contributed by atoms with Gasteiger partial charge in [0.15, 0.2) is 6.61 Å². The summed E-state index contributed by atoms with van der Waals surface area (Å²) in [5.74, 6) is 0.673. The smallest absolute Gasteiger partial charge is 0.262 e. The molecule has 0 aliphatic heterocycles. The van der Waals surface area contributed by atoms with Gasteiger partial charge in [0.1, 0.15) is 5.75 Å². The van der Waals surface area contributed by atoms with Gasteiger partial charge in [0, 0.05) is 5.69 Å². The van der Waals surface area contributed by atoms with Crippen LogP contribution in [0.2, 0.25) is 0 Å². The average molecular weight is 441 g/mol. The first-order valence-electron chi connectivity index (χ1n) is 8.05. The van der Waals surface area contributed by atoms with Crippen molar-refractivity contribution in [1.29, 1.82) is 0 Å². The maximum atomic E-state index is 12.0. The van der Waals surface area contributed by atoms with Crippen molar-refractivity contribution >= 4 is 37.5 Å². The molecule has 0 aliphatic rings. The third kappa shape index (κ3) is 5.55. The second kappa shape index (κ2) is 8.66. The van der Waals surface area contributed by atoms with E-state index in [1.807, 2.05) is 18.2 Å². The second-order valence-corrected chi connectivity index (χ2v) is 8.32. The van der Waals surface area contributed by atoms with E-state index in [9.17, 15) is 13.2 Å². The van der Waals surface area contributed by atoms with Crippen LogP contribution in [0, 0.1) is 0 Å². The Labute approximate surface area is 161 Å². The van der Waals surface area contributed by atoms with E-state index in [1.165, 1.54) is 29.8 Å². The first-order valence-corrected chi connectivity index (χ1v) is 10.4. The minimum atomic E-state index is -3.75. The fourth-order valence-corrected chi connectivity index (χ4v) is 3.27. The molecule has 0 aromatic heterocycles. The first-order chi connectivity index (χ1) is 12.2. The summed E-state index contributed by atoms with van der Waals surface area (Å²) in [7, 11) is -3.75. The Balaban J connectivity index is 1.94. The molecule has 0 saturated carbocycles. The summed E-state index contributed by atoms with van der Waals surface area (Å²) in [6.07, 6.45) is 1.04. The molecule has 2 aromatic rings. The van der Waals surface area contributed by atoms with Gasteiger partial charge in [-0.15, -0.1) is 0 Å². The molecule has 26 heavy (non-hydrogen) atoms.